The maximum Gasteiger partial charge on any atom is 0.244 e. The average molecular weight is 597 g/mol. The Bertz CT molecular complexity index is 1170. The lowest BCUT2D eigenvalue weighted by Gasteiger charge is -2.33. The Morgan fingerprint density at radius 1 is 1.00 bits per heavy atom. The summed E-state index contributed by atoms with van der Waals surface area (Å²) in [5.74, 6) is -0.987. The van der Waals surface area contributed by atoms with Gasteiger partial charge in [-0.1, -0.05) is 72.7 Å². The standard InChI is InChI=1S/C24H29Cl4N3O4S/c1-4-6-12-29-24(33)21(5-2)30(14-17-18(26)8-7-9-19(17)27)23(32)15-31(36(3,34)35)22-13-16(25)10-11-20(22)28/h7-11,13,21H,4-6,12,14-15H2,1-3H3,(H,29,33)/t21-/m0/s1. The smallest absolute Gasteiger partial charge is 0.244 e. The number of rotatable bonds is 12. The molecule has 2 rings (SSSR count). The molecular weight excluding hydrogens is 568 g/mol. The molecule has 0 spiro atoms. The van der Waals surface area contributed by atoms with E-state index in [0.717, 1.165) is 23.4 Å². The van der Waals surface area contributed by atoms with E-state index in [1.807, 2.05) is 6.92 Å². The van der Waals surface area contributed by atoms with Gasteiger partial charge in [0.25, 0.3) is 0 Å². The van der Waals surface area contributed by atoms with E-state index in [1.165, 1.54) is 23.1 Å². The van der Waals surface area contributed by atoms with Gasteiger partial charge in [-0.2, -0.15) is 0 Å². The van der Waals surface area contributed by atoms with E-state index in [2.05, 4.69) is 5.32 Å². The molecule has 0 unspecified atom stereocenters. The van der Waals surface area contributed by atoms with Gasteiger partial charge in [0.05, 0.1) is 17.0 Å². The summed E-state index contributed by atoms with van der Waals surface area (Å²) in [5.41, 5.74) is 0.497. The van der Waals surface area contributed by atoms with Crippen LogP contribution in [0.5, 0.6) is 0 Å². The van der Waals surface area contributed by atoms with Crippen molar-refractivity contribution in [2.24, 2.45) is 0 Å². The van der Waals surface area contributed by atoms with Gasteiger partial charge < -0.3 is 10.2 Å². The zero-order valence-electron chi connectivity index (χ0n) is 20.2. The van der Waals surface area contributed by atoms with Gasteiger partial charge in [0, 0.05) is 33.7 Å². The fourth-order valence-electron chi connectivity index (χ4n) is 3.55. The minimum atomic E-state index is -3.96. The van der Waals surface area contributed by atoms with Crippen LogP contribution in [-0.4, -0.2) is 50.5 Å². The van der Waals surface area contributed by atoms with Crippen molar-refractivity contribution in [2.45, 2.75) is 45.7 Å². The van der Waals surface area contributed by atoms with Gasteiger partial charge in [-0.25, -0.2) is 8.42 Å². The van der Waals surface area contributed by atoms with Crippen molar-refractivity contribution in [1.82, 2.24) is 10.2 Å². The Hall–Kier alpha value is -1.71. The van der Waals surface area contributed by atoms with Crippen LogP contribution in [0.25, 0.3) is 0 Å². The second-order valence-corrected chi connectivity index (χ2v) is 11.7. The second kappa shape index (κ2) is 13.7. The summed E-state index contributed by atoms with van der Waals surface area (Å²) in [6, 6.07) is 8.35. The number of nitrogens with zero attached hydrogens (tertiary/aromatic N) is 2. The van der Waals surface area contributed by atoms with Gasteiger partial charge in [0.15, 0.2) is 0 Å². The first-order chi connectivity index (χ1) is 16.9. The number of hydrogen-bond donors (Lipinski definition) is 1. The lowest BCUT2D eigenvalue weighted by Crippen LogP contribution is -2.52. The molecule has 0 aliphatic carbocycles. The molecule has 12 heteroatoms. The summed E-state index contributed by atoms with van der Waals surface area (Å²) in [6.07, 6.45) is 2.91. The lowest BCUT2D eigenvalue weighted by atomic mass is 10.1. The molecule has 0 aliphatic rings. The van der Waals surface area contributed by atoms with E-state index >= 15 is 0 Å². The van der Waals surface area contributed by atoms with Crippen LogP contribution in [-0.2, 0) is 26.2 Å². The summed E-state index contributed by atoms with van der Waals surface area (Å²) in [5, 5.41) is 3.83. The van der Waals surface area contributed by atoms with Crippen LogP contribution >= 0.6 is 46.4 Å². The zero-order valence-corrected chi connectivity index (χ0v) is 24.1. The molecule has 0 saturated carbocycles. The minimum absolute atomic E-state index is 0.0520. The Balaban J connectivity index is 2.51. The van der Waals surface area contributed by atoms with E-state index in [4.69, 9.17) is 46.4 Å². The molecule has 0 aromatic heterocycles. The van der Waals surface area contributed by atoms with Crippen molar-refractivity contribution >= 4 is 73.9 Å². The molecule has 198 valence electrons. The highest BCUT2D eigenvalue weighted by Crippen LogP contribution is 2.31. The van der Waals surface area contributed by atoms with Crippen LogP contribution in [0, 0.1) is 0 Å². The van der Waals surface area contributed by atoms with E-state index in [1.54, 1.807) is 25.1 Å². The molecule has 0 fully saturated rings. The van der Waals surface area contributed by atoms with E-state index in [9.17, 15) is 18.0 Å². The normalized spacial score (nSPS) is 12.2. The molecule has 0 saturated heterocycles. The number of carbonyl (C=O) groups excluding carboxylic acids is 2. The van der Waals surface area contributed by atoms with Gasteiger partial charge >= 0.3 is 0 Å². The van der Waals surface area contributed by atoms with Crippen molar-refractivity contribution in [3.05, 3.63) is 62.1 Å². The SMILES string of the molecule is CCCCNC(=O)[C@H](CC)N(Cc1c(Cl)cccc1Cl)C(=O)CN(c1cc(Cl)ccc1Cl)S(C)(=O)=O. The molecule has 0 bridgehead atoms. The first-order valence-electron chi connectivity index (χ1n) is 11.3. The van der Waals surface area contributed by atoms with Crippen LogP contribution in [0.1, 0.15) is 38.7 Å². The Morgan fingerprint density at radius 2 is 1.64 bits per heavy atom. The maximum atomic E-state index is 13.7. The fourth-order valence-corrected chi connectivity index (χ4v) is 5.36. The molecule has 7 nitrogen and oxygen atoms in total. The lowest BCUT2D eigenvalue weighted by molar-refractivity contribution is -0.140. The molecule has 1 atom stereocenters. The molecule has 0 heterocycles. The Morgan fingerprint density at radius 3 is 2.19 bits per heavy atom. The fraction of sp³-hybridized carbons (Fsp3) is 0.417. The Labute approximate surface area is 232 Å². The predicted octanol–water partition coefficient (Wildman–Crippen LogP) is 5.79. The maximum absolute atomic E-state index is 13.7. The van der Waals surface area contributed by atoms with Crippen LogP contribution < -0.4 is 9.62 Å². The summed E-state index contributed by atoms with van der Waals surface area (Å²) < 4.78 is 26.3. The molecule has 2 aromatic carbocycles. The first kappa shape index (κ1) is 30.5. The Kier molecular flexibility index (Phi) is 11.6. The number of sulfonamides is 1. The topological polar surface area (TPSA) is 86.8 Å². The van der Waals surface area contributed by atoms with Gasteiger partial charge in [0.1, 0.15) is 12.6 Å². The number of anilines is 1. The molecule has 36 heavy (non-hydrogen) atoms. The quantitative estimate of drug-likeness (QED) is 0.314. The van der Waals surface area contributed by atoms with Gasteiger partial charge in [-0.3, -0.25) is 13.9 Å². The molecular formula is C24H29Cl4N3O4S. The summed E-state index contributed by atoms with van der Waals surface area (Å²) >= 11 is 25.0. The number of amides is 2. The average Bonchev–Trinajstić information content (AvgIpc) is 2.80. The highest BCUT2D eigenvalue weighted by Gasteiger charge is 2.33. The van der Waals surface area contributed by atoms with Crippen molar-refractivity contribution in [3.63, 3.8) is 0 Å². The van der Waals surface area contributed by atoms with Crippen molar-refractivity contribution < 1.29 is 18.0 Å². The number of benzene rings is 2. The number of nitrogens with one attached hydrogen (secondary N) is 1. The third-order valence-corrected chi connectivity index (χ3v) is 7.85. The first-order valence-corrected chi connectivity index (χ1v) is 14.7. The largest absolute Gasteiger partial charge is 0.354 e. The van der Waals surface area contributed by atoms with Gasteiger partial charge in [0.2, 0.25) is 21.8 Å². The summed E-state index contributed by atoms with van der Waals surface area (Å²) in [7, 11) is -3.96. The minimum Gasteiger partial charge on any atom is -0.354 e. The third-order valence-electron chi connectivity index (χ3n) is 5.46. The van der Waals surface area contributed by atoms with Crippen LogP contribution in [0.2, 0.25) is 20.1 Å². The predicted molar refractivity (Wildman–Crippen MR) is 148 cm³/mol. The number of halogens is 4. The van der Waals surface area contributed by atoms with E-state index in [0.29, 0.717) is 22.2 Å². The number of unbranched alkanes of at least 4 members (excludes halogenated alkanes) is 1. The van der Waals surface area contributed by atoms with Crippen molar-refractivity contribution in [2.75, 3.05) is 23.7 Å². The summed E-state index contributed by atoms with van der Waals surface area (Å²) in [6.45, 7) is 3.51. The van der Waals surface area contributed by atoms with E-state index < -0.39 is 28.5 Å². The van der Waals surface area contributed by atoms with Crippen LogP contribution in [0.3, 0.4) is 0 Å². The van der Waals surface area contributed by atoms with Crippen molar-refractivity contribution in [3.8, 4) is 0 Å². The zero-order chi connectivity index (χ0) is 27.0. The van der Waals surface area contributed by atoms with Crippen molar-refractivity contribution in [1.29, 1.82) is 0 Å². The second-order valence-electron chi connectivity index (χ2n) is 8.16. The van der Waals surface area contributed by atoms with E-state index in [-0.39, 0.29) is 34.6 Å². The molecule has 0 radical (unpaired) electrons. The third kappa shape index (κ3) is 8.15. The van der Waals surface area contributed by atoms with Crippen LogP contribution in [0.4, 0.5) is 5.69 Å². The van der Waals surface area contributed by atoms with Gasteiger partial charge in [-0.15, -0.1) is 0 Å². The monoisotopic (exact) mass is 595 g/mol. The number of hydrogen-bond acceptors (Lipinski definition) is 4. The molecule has 2 aromatic rings. The summed E-state index contributed by atoms with van der Waals surface area (Å²) in [4.78, 5) is 28.1. The highest BCUT2D eigenvalue weighted by molar-refractivity contribution is 7.92. The number of carbonyl (C=O) groups is 2. The molecule has 0 aliphatic heterocycles. The molecule has 1 N–H and O–H groups in total. The van der Waals surface area contributed by atoms with Crippen LogP contribution in [0.15, 0.2) is 36.4 Å². The molecule has 2 amide bonds. The van der Waals surface area contributed by atoms with Gasteiger partial charge in [-0.05, 0) is 43.2 Å². The highest BCUT2D eigenvalue weighted by atomic mass is 35.5.